The van der Waals surface area contributed by atoms with Crippen molar-refractivity contribution in [3.8, 4) is 5.75 Å². The highest BCUT2D eigenvalue weighted by Crippen LogP contribution is 2.28. The fraction of sp³-hybridized carbons (Fsp3) is 0.611. The minimum Gasteiger partial charge on any atom is -0.487 e. The van der Waals surface area contributed by atoms with E-state index in [-0.39, 0.29) is 23.8 Å². The molecule has 5 nitrogen and oxygen atoms in total. The molecule has 0 bridgehead atoms. The number of likely N-dealkylation sites (tertiary alicyclic amines) is 1. The lowest BCUT2D eigenvalue weighted by molar-refractivity contribution is 0.0464. The Kier molecular flexibility index (Phi) is 5.23. The highest BCUT2D eigenvalue weighted by Gasteiger charge is 2.27. The molecular weight excluding hydrogens is 311 g/mol. The number of aliphatic hydroxyl groups is 1. The Morgan fingerprint density at radius 2 is 2.08 bits per heavy atom. The summed E-state index contributed by atoms with van der Waals surface area (Å²) in [5.41, 5.74) is 0.393. The molecule has 2 amide bonds. The Morgan fingerprint density at radius 3 is 2.75 bits per heavy atom. The third kappa shape index (κ3) is 3.98. The second kappa shape index (κ2) is 7.38. The van der Waals surface area contributed by atoms with Crippen LogP contribution in [0.4, 0.5) is 14.9 Å². The van der Waals surface area contributed by atoms with Gasteiger partial charge in [-0.25, -0.2) is 9.18 Å². The van der Waals surface area contributed by atoms with E-state index in [1.807, 2.05) is 6.92 Å². The number of anilines is 1. The lowest BCUT2D eigenvalue weighted by atomic mass is 9.96. The van der Waals surface area contributed by atoms with Crippen molar-refractivity contribution in [3.63, 3.8) is 0 Å². The van der Waals surface area contributed by atoms with Gasteiger partial charge in [0.05, 0.1) is 12.2 Å². The average molecular weight is 336 g/mol. The second-order valence-electron chi connectivity index (χ2n) is 6.88. The monoisotopic (exact) mass is 336 g/mol. The molecule has 1 saturated carbocycles. The molecule has 2 atom stereocenters. The van der Waals surface area contributed by atoms with Gasteiger partial charge in [0.15, 0.2) is 11.6 Å². The third-order valence-electron chi connectivity index (χ3n) is 4.98. The van der Waals surface area contributed by atoms with Crippen LogP contribution in [-0.4, -0.2) is 41.3 Å². The normalized spacial score (nSPS) is 24.9. The van der Waals surface area contributed by atoms with E-state index in [1.54, 1.807) is 17.0 Å². The SMILES string of the molecule is CC1CCN(C(=O)Nc2ccc(OC3CCCC3)c(F)c2)CC1O. The standard InChI is InChI=1S/C18H25FN2O3/c1-12-8-9-21(11-16(12)22)18(23)20-13-6-7-17(15(19)10-13)24-14-4-2-3-5-14/h6-7,10,12,14,16,22H,2-5,8-9,11H2,1H3,(H,20,23). The average Bonchev–Trinajstić information content (AvgIpc) is 3.05. The lowest BCUT2D eigenvalue weighted by Gasteiger charge is -2.34. The second-order valence-corrected chi connectivity index (χ2v) is 6.88. The molecule has 0 aromatic heterocycles. The first-order valence-corrected chi connectivity index (χ1v) is 8.73. The molecule has 1 heterocycles. The van der Waals surface area contributed by atoms with Gasteiger partial charge in [-0.1, -0.05) is 6.92 Å². The van der Waals surface area contributed by atoms with Gasteiger partial charge < -0.3 is 20.1 Å². The van der Waals surface area contributed by atoms with Crippen LogP contribution >= 0.6 is 0 Å². The van der Waals surface area contributed by atoms with Crippen molar-refractivity contribution in [2.45, 2.75) is 51.2 Å². The molecule has 2 aliphatic rings. The van der Waals surface area contributed by atoms with E-state index in [1.165, 1.54) is 6.07 Å². The first kappa shape index (κ1) is 17.0. The molecule has 1 saturated heterocycles. The number of rotatable bonds is 3. The highest BCUT2D eigenvalue weighted by molar-refractivity contribution is 5.89. The zero-order chi connectivity index (χ0) is 17.1. The van der Waals surface area contributed by atoms with Crippen LogP contribution in [-0.2, 0) is 0 Å². The number of nitrogens with one attached hydrogen (secondary N) is 1. The minimum atomic E-state index is -0.511. The van der Waals surface area contributed by atoms with Gasteiger partial charge in [-0.3, -0.25) is 0 Å². The van der Waals surface area contributed by atoms with Crippen LogP contribution in [0.25, 0.3) is 0 Å². The Morgan fingerprint density at radius 1 is 1.33 bits per heavy atom. The van der Waals surface area contributed by atoms with Crippen LogP contribution in [0.3, 0.4) is 0 Å². The predicted octanol–water partition coefficient (Wildman–Crippen LogP) is 3.38. The van der Waals surface area contributed by atoms with E-state index in [4.69, 9.17) is 4.74 Å². The van der Waals surface area contributed by atoms with Gasteiger partial charge in [-0.05, 0) is 50.2 Å². The van der Waals surface area contributed by atoms with E-state index in [2.05, 4.69) is 5.32 Å². The number of carbonyl (C=O) groups is 1. The zero-order valence-electron chi connectivity index (χ0n) is 14.0. The summed E-state index contributed by atoms with van der Waals surface area (Å²) in [7, 11) is 0. The Bertz CT molecular complexity index is 590. The number of aliphatic hydroxyl groups excluding tert-OH is 1. The molecule has 1 aromatic carbocycles. The molecule has 2 unspecified atom stereocenters. The summed E-state index contributed by atoms with van der Waals surface area (Å²) in [5, 5.41) is 12.6. The maximum absolute atomic E-state index is 14.2. The molecule has 1 aromatic rings. The molecule has 2 N–H and O–H groups in total. The summed E-state index contributed by atoms with van der Waals surface area (Å²) in [6.45, 7) is 2.87. The van der Waals surface area contributed by atoms with Crippen LogP contribution in [0, 0.1) is 11.7 Å². The summed E-state index contributed by atoms with van der Waals surface area (Å²) in [6.07, 6.45) is 4.53. The van der Waals surface area contributed by atoms with Crippen molar-refractivity contribution in [2.75, 3.05) is 18.4 Å². The van der Waals surface area contributed by atoms with Crippen molar-refractivity contribution in [3.05, 3.63) is 24.0 Å². The van der Waals surface area contributed by atoms with Gasteiger partial charge in [0.2, 0.25) is 0 Å². The number of ether oxygens (including phenoxy) is 1. The number of halogens is 1. The van der Waals surface area contributed by atoms with Gasteiger partial charge in [-0.2, -0.15) is 0 Å². The number of hydrogen-bond donors (Lipinski definition) is 2. The van der Waals surface area contributed by atoms with Crippen LogP contribution in [0.1, 0.15) is 39.0 Å². The van der Waals surface area contributed by atoms with Crippen LogP contribution < -0.4 is 10.1 Å². The number of benzene rings is 1. The number of piperidine rings is 1. The van der Waals surface area contributed by atoms with E-state index < -0.39 is 11.9 Å². The molecule has 6 heteroatoms. The lowest BCUT2D eigenvalue weighted by Crippen LogP contribution is -2.47. The molecular formula is C18H25FN2O3. The van der Waals surface area contributed by atoms with E-state index in [0.717, 1.165) is 32.1 Å². The fourth-order valence-electron chi connectivity index (χ4n) is 3.30. The summed E-state index contributed by atoms with van der Waals surface area (Å²) in [4.78, 5) is 13.8. The van der Waals surface area contributed by atoms with E-state index >= 15 is 0 Å². The summed E-state index contributed by atoms with van der Waals surface area (Å²) < 4.78 is 19.9. The van der Waals surface area contributed by atoms with Crippen LogP contribution in [0.15, 0.2) is 18.2 Å². The third-order valence-corrected chi connectivity index (χ3v) is 4.98. The smallest absolute Gasteiger partial charge is 0.321 e. The maximum Gasteiger partial charge on any atom is 0.321 e. The Labute approximate surface area is 141 Å². The summed E-state index contributed by atoms with van der Waals surface area (Å²) in [6, 6.07) is 4.18. The first-order chi connectivity index (χ1) is 11.5. The number of carbonyl (C=O) groups excluding carboxylic acids is 1. The summed E-state index contributed by atoms with van der Waals surface area (Å²) in [5.74, 6) is -0.0346. The molecule has 1 aliphatic heterocycles. The Hall–Kier alpha value is -1.82. The number of urea groups is 1. The molecule has 132 valence electrons. The predicted molar refractivity (Wildman–Crippen MR) is 89.7 cm³/mol. The molecule has 24 heavy (non-hydrogen) atoms. The van der Waals surface area contributed by atoms with Crippen LogP contribution in [0.2, 0.25) is 0 Å². The number of amides is 2. The topological polar surface area (TPSA) is 61.8 Å². The van der Waals surface area contributed by atoms with E-state index in [9.17, 15) is 14.3 Å². The quantitative estimate of drug-likeness (QED) is 0.889. The largest absolute Gasteiger partial charge is 0.487 e. The number of nitrogens with zero attached hydrogens (tertiary/aromatic N) is 1. The van der Waals surface area contributed by atoms with Crippen molar-refractivity contribution in [1.29, 1.82) is 0 Å². The summed E-state index contributed by atoms with van der Waals surface area (Å²) >= 11 is 0. The zero-order valence-corrected chi connectivity index (χ0v) is 14.0. The van der Waals surface area contributed by atoms with E-state index in [0.29, 0.717) is 18.8 Å². The highest BCUT2D eigenvalue weighted by atomic mass is 19.1. The van der Waals surface area contributed by atoms with Gasteiger partial charge in [0, 0.05) is 24.8 Å². The van der Waals surface area contributed by atoms with Crippen molar-refractivity contribution < 1.29 is 19.0 Å². The molecule has 0 spiro atoms. The van der Waals surface area contributed by atoms with Crippen molar-refractivity contribution in [2.24, 2.45) is 5.92 Å². The van der Waals surface area contributed by atoms with Crippen molar-refractivity contribution in [1.82, 2.24) is 4.90 Å². The molecule has 3 rings (SSSR count). The van der Waals surface area contributed by atoms with Crippen molar-refractivity contribution >= 4 is 11.7 Å². The van der Waals surface area contributed by atoms with Gasteiger partial charge in [0.25, 0.3) is 0 Å². The Balaban J connectivity index is 1.58. The van der Waals surface area contributed by atoms with Crippen LogP contribution in [0.5, 0.6) is 5.75 Å². The maximum atomic E-state index is 14.2. The first-order valence-electron chi connectivity index (χ1n) is 8.73. The molecule has 2 fully saturated rings. The van der Waals surface area contributed by atoms with Gasteiger partial charge in [0.1, 0.15) is 0 Å². The van der Waals surface area contributed by atoms with Gasteiger partial charge >= 0.3 is 6.03 Å². The number of hydrogen-bond acceptors (Lipinski definition) is 3. The fourth-order valence-corrected chi connectivity index (χ4v) is 3.30. The number of β-amino-alcohol motifs (C(OH)–C–C–N with tert-alkyl or cyclic N) is 1. The molecule has 1 aliphatic carbocycles. The minimum absolute atomic E-state index is 0.0942. The molecule has 0 radical (unpaired) electrons. The van der Waals surface area contributed by atoms with Gasteiger partial charge in [-0.15, -0.1) is 0 Å².